The molecule has 0 aliphatic heterocycles. The van der Waals surface area contributed by atoms with Crippen molar-refractivity contribution in [1.29, 1.82) is 0 Å². The van der Waals surface area contributed by atoms with Crippen molar-refractivity contribution < 1.29 is 14.3 Å². The van der Waals surface area contributed by atoms with E-state index in [0.29, 0.717) is 6.54 Å². The first-order valence-electron chi connectivity index (χ1n) is 9.28. The quantitative estimate of drug-likeness (QED) is 0.475. The van der Waals surface area contributed by atoms with Gasteiger partial charge in [0.1, 0.15) is 5.75 Å². The summed E-state index contributed by atoms with van der Waals surface area (Å²) in [5, 5.41) is 13.6. The normalized spacial score (nSPS) is 12.2. The van der Waals surface area contributed by atoms with E-state index in [-0.39, 0.29) is 5.04 Å². The lowest BCUT2D eigenvalue weighted by Crippen LogP contribution is -2.43. The van der Waals surface area contributed by atoms with Gasteiger partial charge < -0.3 is 14.8 Å². The third-order valence-electron chi connectivity index (χ3n) is 5.29. The maximum atomic E-state index is 10.5. The number of amides is 1. The number of unbranched alkanes of at least 4 members (excludes halogenated alkanes) is 1. The second-order valence-corrected chi connectivity index (χ2v) is 13.0. The standard InChI is InChI=1S/C21H31NO3Si/c1-21(2,3)26(4,5)25-19-14-13-16(10-8-9-15-22-20(23)24)17-11-6-7-12-18(17)19/h6-7,11-14,22H,8-10,15H2,1-5H3,(H,23,24). The van der Waals surface area contributed by atoms with Gasteiger partial charge in [-0.05, 0) is 54.4 Å². The van der Waals surface area contributed by atoms with Gasteiger partial charge in [0.25, 0.3) is 8.32 Å². The van der Waals surface area contributed by atoms with Crippen LogP contribution in [0.5, 0.6) is 5.75 Å². The van der Waals surface area contributed by atoms with Crippen LogP contribution in [-0.4, -0.2) is 26.1 Å². The summed E-state index contributed by atoms with van der Waals surface area (Å²) < 4.78 is 6.57. The Morgan fingerprint density at radius 3 is 2.35 bits per heavy atom. The predicted octanol–water partition coefficient (Wildman–Crippen LogP) is 5.81. The average molecular weight is 374 g/mol. The molecule has 0 saturated carbocycles. The molecule has 0 unspecified atom stereocenters. The zero-order chi connectivity index (χ0) is 19.4. The van der Waals surface area contributed by atoms with Gasteiger partial charge in [0.15, 0.2) is 0 Å². The van der Waals surface area contributed by atoms with Gasteiger partial charge >= 0.3 is 6.09 Å². The smallest absolute Gasteiger partial charge is 0.404 e. The highest BCUT2D eigenvalue weighted by Gasteiger charge is 2.39. The molecule has 0 fully saturated rings. The summed E-state index contributed by atoms with van der Waals surface area (Å²) >= 11 is 0. The molecule has 0 aliphatic rings. The fourth-order valence-corrected chi connectivity index (χ4v) is 3.74. The van der Waals surface area contributed by atoms with Crippen molar-refractivity contribution in [2.24, 2.45) is 0 Å². The van der Waals surface area contributed by atoms with Crippen LogP contribution >= 0.6 is 0 Å². The third-order valence-corrected chi connectivity index (χ3v) is 9.64. The van der Waals surface area contributed by atoms with E-state index >= 15 is 0 Å². The summed E-state index contributed by atoms with van der Waals surface area (Å²) in [5.41, 5.74) is 1.29. The maximum Gasteiger partial charge on any atom is 0.404 e. The molecule has 142 valence electrons. The van der Waals surface area contributed by atoms with Crippen LogP contribution in [-0.2, 0) is 6.42 Å². The highest BCUT2D eigenvalue weighted by molar-refractivity contribution is 6.74. The Labute approximate surface area is 157 Å². The number of carbonyl (C=O) groups is 1. The van der Waals surface area contributed by atoms with Gasteiger partial charge in [-0.3, -0.25) is 0 Å². The van der Waals surface area contributed by atoms with Gasteiger partial charge in [0.2, 0.25) is 0 Å². The molecule has 1 amide bonds. The molecular weight excluding hydrogens is 342 g/mol. The molecule has 0 bridgehead atoms. The summed E-state index contributed by atoms with van der Waals surface area (Å²) in [5.74, 6) is 0.975. The molecule has 26 heavy (non-hydrogen) atoms. The largest absolute Gasteiger partial charge is 0.543 e. The van der Waals surface area contributed by atoms with Crippen molar-refractivity contribution in [2.75, 3.05) is 6.54 Å². The van der Waals surface area contributed by atoms with Crippen LogP contribution in [0.2, 0.25) is 18.1 Å². The lowest BCUT2D eigenvalue weighted by Gasteiger charge is -2.36. The zero-order valence-corrected chi connectivity index (χ0v) is 17.6. The van der Waals surface area contributed by atoms with Gasteiger partial charge in [-0.1, -0.05) is 51.1 Å². The molecule has 0 spiro atoms. The van der Waals surface area contributed by atoms with Gasteiger partial charge in [-0.25, -0.2) is 4.79 Å². The van der Waals surface area contributed by atoms with Crippen LogP contribution < -0.4 is 9.74 Å². The molecule has 2 aromatic carbocycles. The molecular formula is C21H31NO3Si. The Morgan fingerprint density at radius 2 is 1.73 bits per heavy atom. The summed E-state index contributed by atoms with van der Waals surface area (Å²) in [6.07, 6.45) is 1.76. The van der Waals surface area contributed by atoms with E-state index < -0.39 is 14.4 Å². The second-order valence-electron chi connectivity index (χ2n) is 8.32. The highest BCUT2D eigenvalue weighted by Crippen LogP contribution is 2.39. The Kier molecular flexibility index (Phi) is 6.34. The van der Waals surface area contributed by atoms with Crippen LogP contribution in [0.1, 0.15) is 39.2 Å². The Bertz CT molecular complexity index is 765. The minimum absolute atomic E-state index is 0.157. The lowest BCUT2D eigenvalue weighted by molar-refractivity contribution is 0.194. The Balaban J connectivity index is 2.19. The first-order chi connectivity index (χ1) is 12.1. The van der Waals surface area contributed by atoms with Gasteiger partial charge in [0.05, 0.1) is 0 Å². The van der Waals surface area contributed by atoms with E-state index in [0.717, 1.165) is 25.0 Å². The summed E-state index contributed by atoms with van der Waals surface area (Å²) in [4.78, 5) is 10.5. The number of rotatable bonds is 7. The molecule has 0 saturated heterocycles. The van der Waals surface area contributed by atoms with Crippen molar-refractivity contribution in [2.45, 2.75) is 58.2 Å². The number of aryl methyl sites for hydroxylation is 1. The monoisotopic (exact) mass is 373 g/mol. The fraction of sp³-hybridized carbons (Fsp3) is 0.476. The molecule has 2 N–H and O–H groups in total. The molecule has 2 rings (SSSR count). The first-order valence-corrected chi connectivity index (χ1v) is 12.2. The van der Waals surface area contributed by atoms with E-state index in [2.05, 4.69) is 75.6 Å². The number of benzene rings is 2. The summed E-state index contributed by atoms with van der Waals surface area (Å²) in [7, 11) is -1.89. The van der Waals surface area contributed by atoms with Gasteiger partial charge in [-0.2, -0.15) is 0 Å². The third kappa shape index (κ3) is 5.01. The van der Waals surface area contributed by atoms with Crippen molar-refractivity contribution >= 4 is 25.2 Å². The molecule has 0 atom stereocenters. The van der Waals surface area contributed by atoms with Crippen molar-refractivity contribution in [1.82, 2.24) is 5.32 Å². The van der Waals surface area contributed by atoms with E-state index in [4.69, 9.17) is 9.53 Å². The Hall–Kier alpha value is -2.01. The number of hydrogen-bond acceptors (Lipinski definition) is 2. The van der Waals surface area contributed by atoms with E-state index in [9.17, 15) is 4.79 Å². The molecule has 2 aromatic rings. The zero-order valence-electron chi connectivity index (χ0n) is 16.6. The van der Waals surface area contributed by atoms with Crippen LogP contribution in [0.15, 0.2) is 36.4 Å². The van der Waals surface area contributed by atoms with Gasteiger partial charge in [0, 0.05) is 11.9 Å². The number of nitrogens with one attached hydrogen (secondary N) is 1. The van der Waals surface area contributed by atoms with Crippen LogP contribution in [0, 0.1) is 0 Å². The van der Waals surface area contributed by atoms with E-state index in [1.165, 1.54) is 16.3 Å². The van der Waals surface area contributed by atoms with Crippen LogP contribution in [0.4, 0.5) is 4.79 Å². The molecule has 0 aromatic heterocycles. The molecule has 0 heterocycles. The predicted molar refractivity (Wildman–Crippen MR) is 111 cm³/mol. The highest BCUT2D eigenvalue weighted by atomic mass is 28.4. The van der Waals surface area contributed by atoms with E-state index in [1.54, 1.807) is 0 Å². The molecule has 0 radical (unpaired) electrons. The second kappa shape index (κ2) is 8.12. The summed E-state index contributed by atoms with van der Waals surface area (Å²) in [6, 6.07) is 12.7. The topological polar surface area (TPSA) is 58.6 Å². The van der Waals surface area contributed by atoms with Crippen LogP contribution in [0.3, 0.4) is 0 Å². The number of carboxylic acid groups (broad SMARTS) is 1. The number of fused-ring (bicyclic) bond motifs is 1. The Morgan fingerprint density at radius 1 is 1.08 bits per heavy atom. The minimum atomic E-state index is -1.89. The molecule has 5 heteroatoms. The molecule has 4 nitrogen and oxygen atoms in total. The first kappa shape index (κ1) is 20.3. The van der Waals surface area contributed by atoms with Crippen molar-refractivity contribution in [3.63, 3.8) is 0 Å². The number of hydrogen-bond donors (Lipinski definition) is 2. The van der Waals surface area contributed by atoms with Crippen molar-refractivity contribution in [3.8, 4) is 5.75 Å². The van der Waals surface area contributed by atoms with Crippen LogP contribution in [0.25, 0.3) is 10.8 Å². The lowest BCUT2D eigenvalue weighted by atomic mass is 9.99. The minimum Gasteiger partial charge on any atom is -0.543 e. The maximum absolute atomic E-state index is 10.5. The fourth-order valence-electron chi connectivity index (χ4n) is 2.70. The average Bonchev–Trinajstić information content (AvgIpc) is 2.54. The van der Waals surface area contributed by atoms with E-state index in [1.807, 2.05) is 0 Å². The molecule has 0 aliphatic carbocycles. The summed E-state index contributed by atoms with van der Waals surface area (Å²) in [6.45, 7) is 11.8. The van der Waals surface area contributed by atoms with Crippen molar-refractivity contribution in [3.05, 3.63) is 42.0 Å². The van der Waals surface area contributed by atoms with Gasteiger partial charge in [-0.15, -0.1) is 0 Å². The SMILES string of the molecule is CC(C)(C)[Si](C)(C)Oc1ccc(CCCCNC(=O)O)c2ccccc12.